The van der Waals surface area contributed by atoms with E-state index in [0.717, 1.165) is 22.8 Å². The van der Waals surface area contributed by atoms with Crippen LogP contribution in [0.2, 0.25) is 10.0 Å². The van der Waals surface area contributed by atoms with Gasteiger partial charge < -0.3 is 10.2 Å². The summed E-state index contributed by atoms with van der Waals surface area (Å²) in [5.74, 6) is 0.0503. The average molecular weight is 431 g/mol. The van der Waals surface area contributed by atoms with Crippen LogP contribution in [0.15, 0.2) is 23.6 Å². The van der Waals surface area contributed by atoms with Gasteiger partial charge in [-0.25, -0.2) is 4.98 Å². The summed E-state index contributed by atoms with van der Waals surface area (Å²) in [5, 5.41) is 6.86. The fourth-order valence-corrected chi connectivity index (χ4v) is 3.28. The summed E-state index contributed by atoms with van der Waals surface area (Å²) in [5.41, 5.74) is 1.59. The Morgan fingerprint density at radius 3 is 2.67 bits per heavy atom. The summed E-state index contributed by atoms with van der Waals surface area (Å²) in [4.78, 5) is 18.3. The fourth-order valence-electron chi connectivity index (χ4n) is 1.87. The van der Waals surface area contributed by atoms with Crippen molar-refractivity contribution in [1.82, 2.24) is 15.2 Å². The second-order valence-corrected chi connectivity index (χ2v) is 6.57. The number of nitrogens with one attached hydrogen (secondary N) is 1. The molecular formula is C15H19Cl4N3OS. The topological polar surface area (TPSA) is 45.2 Å². The van der Waals surface area contributed by atoms with Crippen LogP contribution in [0.3, 0.4) is 0 Å². The molecule has 9 heteroatoms. The third-order valence-corrected chi connectivity index (χ3v) is 4.64. The smallest absolute Gasteiger partial charge is 0.228 e. The molecule has 0 fully saturated rings. The van der Waals surface area contributed by atoms with Gasteiger partial charge >= 0.3 is 0 Å². The number of benzene rings is 1. The lowest BCUT2D eigenvalue weighted by Crippen LogP contribution is -2.33. The Morgan fingerprint density at radius 1 is 1.33 bits per heavy atom. The highest BCUT2D eigenvalue weighted by atomic mass is 35.5. The lowest BCUT2D eigenvalue weighted by molar-refractivity contribution is -0.129. The number of amides is 1. The maximum Gasteiger partial charge on any atom is 0.228 e. The van der Waals surface area contributed by atoms with Crippen LogP contribution in [0.5, 0.6) is 0 Å². The molecule has 0 bridgehead atoms. The number of nitrogens with zero attached hydrogens (tertiary/aromatic N) is 2. The predicted molar refractivity (Wildman–Crippen MR) is 107 cm³/mol. The highest BCUT2D eigenvalue weighted by Crippen LogP contribution is 2.32. The van der Waals surface area contributed by atoms with E-state index in [2.05, 4.69) is 10.3 Å². The van der Waals surface area contributed by atoms with Crippen LogP contribution in [-0.4, -0.2) is 43.0 Å². The fraction of sp³-hybridized carbons (Fsp3) is 0.333. The molecule has 0 aliphatic carbocycles. The van der Waals surface area contributed by atoms with Crippen LogP contribution in [0.25, 0.3) is 10.6 Å². The molecule has 0 spiro atoms. The van der Waals surface area contributed by atoms with E-state index in [-0.39, 0.29) is 30.7 Å². The molecule has 0 aliphatic rings. The Balaban J connectivity index is 0.00000264. The normalized spacial score (nSPS) is 9.83. The first-order chi connectivity index (χ1) is 10.5. The predicted octanol–water partition coefficient (Wildman–Crippen LogP) is 4.18. The van der Waals surface area contributed by atoms with Gasteiger partial charge in [0.05, 0.1) is 17.1 Å². The van der Waals surface area contributed by atoms with Crippen molar-refractivity contribution in [1.29, 1.82) is 0 Å². The van der Waals surface area contributed by atoms with Gasteiger partial charge in [-0.15, -0.1) is 36.2 Å². The van der Waals surface area contributed by atoms with Crippen LogP contribution >= 0.6 is 59.4 Å². The van der Waals surface area contributed by atoms with Gasteiger partial charge in [0.2, 0.25) is 5.91 Å². The largest absolute Gasteiger partial charge is 0.344 e. The molecule has 1 aromatic carbocycles. The molecule has 0 saturated carbocycles. The second-order valence-electron chi connectivity index (χ2n) is 4.86. The molecule has 1 N–H and O–H groups in total. The lowest BCUT2D eigenvalue weighted by atomic mass is 10.2. The highest BCUT2D eigenvalue weighted by Gasteiger charge is 2.14. The van der Waals surface area contributed by atoms with Crippen LogP contribution in [0.1, 0.15) is 5.69 Å². The number of aromatic nitrogens is 1. The van der Waals surface area contributed by atoms with E-state index < -0.39 is 0 Å². The monoisotopic (exact) mass is 429 g/mol. The minimum Gasteiger partial charge on any atom is -0.344 e. The summed E-state index contributed by atoms with van der Waals surface area (Å²) in [6.45, 7) is 1.44. The van der Waals surface area contributed by atoms with Crippen molar-refractivity contribution in [3.05, 3.63) is 39.3 Å². The molecule has 134 valence electrons. The van der Waals surface area contributed by atoms with E-state index in [1.165, 1.54) is 11.3 Å². The summed E-state index contributed by atoms with van der Waals surface area (Å²) in [6, 6.07) is 5.31. The first kappa shape index (κ1) is 23.4. The summed E-state index contributed by atoms with van der Waals surface area (Å²) >= 11 is 13.6. The van der Waals surface area contributed by atoms with Gasteiger partial charge in [-0.05, 0) is 25.2 Å². The van der Waals surface area contributed by atoms with Crippen molar-refractivity contribution < 1.29 is 4.79 Å². The van der Waals surface area contributed by atoms with E-state index in [4.69, 9.17) is 23.2 Å². The molecular weight excluding hydrogens is 412 g/mol. The number of thiazole rings is 1. The standard InChI is InChI=1S/C15H17Cl2N3OS.2ClH/c1-18-5-6-20(2)14(21)8-11-9-22-15(19-11)12-4-3-10(16)7-13(12)17;;/h3-4,7,9,18H,5-6,8H2,1-2H3;2*1H. The van der Waals surface area contributed by atoms with Crippen LogP contribution < -0.4 is 5.32 Å². The van der Waals surface area contributed by atoms with E-state index in [1.54, 1.807) is 24.1 Å². The van der Waals surface area contributed by atoms with Gasteiger partial charge in [0, 0.05) is 36.1 Å². The van der Waals surface area contributed by atoms with Gasteiger partial charge in [0.15, 0.2) is 0 Å². The van der Waals surface area contributed by atoms with Crippen LogP contribution in [0, 0.1) is 0 Å². The summed E-state index contributed by atoms with van der Waals surface area (Å²) in [7, 11) is 3.66. The number of carbonyl (C=O) groups is 1. The zero-order valence-corrected chi connectivity index (χ0v) is 17.2. The Labute approximate surface area is 168 Å². The summed E-state index contributed by atoms with van der Waals surface area (Å²) < 4.78 is 0. The molecule has 0 unspecified atom stereocenters. The number of rotatable bonds is 6. The number of halogens is 4. The van der Waals surface area contributed by atoms with Crippen molar-refractivity contribution in [3.8, 4) is 10.6 Å². The Hall–Kier alpha value is -0.560. The van der Waals surface area contributed by atoms with Gasteiger partial charge in [-0.3, -0.25) is 4.79 Å². The SMILES string of the molecule is CNCCN(C)C(=O)Cc1csc(-c2ccc(Cl)cc2Cl)n1.Cl.Cl. The quantitative estimate of drug-likeness (QED) is 0.747. The highest BCUT2D eigenvalue weighted by molar-refractivity contribution is 7.13. The van der Waals surface area contributed by atoms with Crippen LogP contribution in [0.4, 0.5) is 0 Å². The lowest BCUT2D eigenvalue weighted by Gasteiger charge is -2.16. The number of hydrogen-bond acceptors (Lipinski definition) is 4. The average Bonchev–Trinajstić information content (AvgIpc) is 2.92. The van der Waals surface area contributed by atoms with Gasteiger partial charge in [0.1, 0.15) is 5.01 Å². The van der Waals surface area contributed by atoms with Crippen LogP contribution in [-0.2, 0) is 11.2 Å². The molecule has 0 aliphatic heterocycles. The molecule has 0 atom stereocenters. The Kier molecular flexibility index (Phi) is 10.9. The molecule has 24 heavy (non-hydrogen) atoms. The number of carbonyl (C=O) groups excluding carboxylic acids is 1. The van der Waals surface area contributed by atoms with Crippen molar-refractivity contribution in [3.63, 3.8) is 0 Å². The van der Waals surface area contributed by atoms with Crippen molar-refractivity contribution in [2.45, 2.75) is 6.42 Å². The molecule has 2 rings (SSSR count). The van der Waals surface area contributed by atoms with Gasteiger partial charge in [0.25, 0.3) is 0 Å². The van der Waals surface area contributed by atoms with E-state index in [1.807, 2.05) is 18.5 Å². The number of likely N-dealkylation sites (N-methyl/N-ethyl adjacent to an activating group) is 2. The van der Waals surface area contributed by atoms with Gasteiger partial charge in [-0.2, -0.15) is 0 Å². The summed E-state index contributed by atoms with van der Waals surface area (Å²) in [6.07, 6.45) is 0.294. The maximum absolute atomic E-state index is 12.1. The Bertz CT molecular complexity index is 666. The first-order valence-electron chi connectivity index (χ1n) is 6.79. The molecule has 1 aromatic heterocycles. The van der Waals surface area contributed by atoms with Crippen molar-refractivity contribution in [2.24, 2.45) is 0 Å². The Morgan fingerprint density at radius 2 is 2.04 bits per heavy atom. The zero-order chi connectivity index (χ0) is 16.1. The second kappa shape index (κ2) is 11.1. The molecule has 1 heterocycles. The molecule has 0 radical (unpaired) electrons. The first-order valence-corrected chi connectivity index (χ1v) is 8.43. The minimum atomic E-state index is 0. The van der Waals surface area contributed by atoms with E-state index in [0.29, 0.717) is 23.0 Å². The van der Waals surface area contributed by atoms with Gasteiger partial charge in [-0.1, -0.05) is 23.2 Å². The third-order valence-electron chi connectivity index (χ3n) is 3.17. The maximum atomic E-state index is 12.1. The third kappa shape index (κ3) is 6.39. The van der Waals surface area contributed by atoms with E-state index in [9.17, 15) is 4.79 Å². The minimum absolute atomic E-state index is 0. The van der Waals surface area contributed by atoms with Crippen molar-refractivity contribution in [2.75, 3.05) is 27.2 Å². The zero-order valence-electron chi connectivity index (χ0n) is 13.2. The number of hydrogen-bond donors (Lipinski definition) is 1. The van der Waals surface area contributed by atoms with Crippen molar-refractivity contribution >= 4 is 65.3 Å². The van der Waals surface area contributed by atoms with E-state index >= 15 is 0 Å². The molecule has 2 aromatic rings. The molecule has 4 nitrogen and oxygen atoms in total. The molecule has 0 saturated heterocycles. The molecule has 1 amide bonds.